The zero-order valence-electron chi connectivity index (χ0n) is 11.1. The number of hydrogen-bond donors (Lipinski definition) is 3. The van der Waals surface area contributed by atoms with Gasteiger partial charge in [0, 0.05) is 13.1 Å². The number of rotatable bonds is 4. The zero-order chi connectivity index (χ0) is 14.7. The third-order valence-electron chi connectivity index (χ3n) is 3.17. The minimum Gasteiger partial charge on any atom is -0.350 e. The second-order valence-electron chi connectivity index (χ2n) is 4.63. The minimum atomic E-state index is -0.507. The molecule has 108 valence electrons. The number of urea groups is 1. The fraction of sp³-hybridized carbons (Fsp3) is 0.231. The van der Waals surface area contributed by atoms with E-state index in [9.17, 15) is 9.59 Å². The van der Waals surface area contributed by atoms with Crippen molar-refractivity contribution in [2.45, 2.75) is 12.6 Å². The molecule has 8 nitrogen and oxygen atoms in total. The first-order chi connectivity index (χ1) is 10.2. The van der Waals surface area contributed by atoms with Crippen molar-refractivity contribution in [3.8, 4) is 5.69 Å². The zero-order valence-corrected chi connectivity index (χ0v) is 11.1. The summed E-state index contributed by atoms with van der Waals surface area (Å²) in [5.41, 5.74) is 1.86. The minimum absolute atomic E-state index is 0.200. The van der Waals surface area contributed by atoms with E-state index in [2.05, 4.69) is 26.0 Å². The topological polar surface area (TPSA) is 101 Å². The number of carbonyl (C=O) groups excluding carboxylic acids is 2. The Morgan fingerprint density at radius 1 is 1.38 bits per heavy atom. The van der Waals surface area contributed by atoms with Crippen LogP contribution in [0.5, 0.6) is 0 Å². The lowest BCUT2D eigenvalue weighted by atomic mass is 10.2. The highest BCUT2D eigenvalue weighted by atomic mass is 16.2. The van der Waals surface area contributed by atoms with Crippen molar-refractivity contribution in [2.75, 3.05) is 6.54 Å². The van der Waals surface area contributed by atoms with E-state index in [-0.39, 0.29) is 11.9 Å². The second-order valence-corrected chi connectivity index (χ2v) is 4.63. The predicted molar refractivity (Wildman–Crippen MR) is 73.5 cm³/mol. The van der Waals surface area contributed by atoms with Crippen molar-refractivity contribution in [3.63, 3.8) is 0 Å². The average Bonchev–Trinajstić information content (AvgIpc) is 3.16. The van der Waals surface area contributed by atoms with E-state index in [4.69, 9.17) is 0 Å². The molecule has 1 aromatic carbocycles. The maximum Gasteiger partial charge on any atom is 0.315 e. The Labute approximate surface area is 120 Å². The van der Waals surface area contributed by atoms with E-state index >= 15 is 0 Å². The van der Waals surface area contributed by atoms with Crippen LogP contribution in [0.25, 0.3) is 5.69 Å². The molecule has 1 fully saturated rings. The first-order valence-electron chi connectivity index (χ1n) is 6.48. The van der Waals surface area contributed by atoms with E-state index in [1.165, 1.54) is 6.33 Å². The summed E-state index contributed by atoms with van der Waals surface area (Å²) in [6, 6.07) is 6.79. The molecule has 1 unspecified atom stereocenters. The number of benzene rings is 1. The van der Waals surface area contributed by atoms with Gasteiger partial charge in [0.1, 0.15) is 18.7 Å². The molecule has 3 N–H and O–H groups in total. The van der Waals surface area contributed by atoms with Gasteiger partial charge in [0.2, 0.25) is 5.91 Å². The molecule has 3 rings (SSSR count). The Morgan fingerprint density at radius 3 is 2.81 bits per heavy atom. The standard InChI is InChI=1S/C13H14N6O2/c20-12(11-6-16-13(21)18-11)15-5-9-1-3-10(4-2-9)19-8-14-7-17-19/h1-4,7-8,11H,5-6H2,(H,15,20)(H2,16,18,21). The number of aromatic nitrogens is 3. The van der Waals surface area contributed by atoms with Gasteiger partial charge in [0.25, 0.3) is 0 Å². The molecule has 0 radical (unpaired) electrons. The number of hydrogen-bond acceptors (Lipinski definition) is 4. The Hall–Kier alpha value is -2.90. The summed E-state index contributed by atoms with van der Waals surface area (Å²) in [6.45, 7) is 0.721. The van der Waals surface area contributed by atoms with Crippen LogP contribution in [0.4, 0.5) is 4.79 Å². The third-order valence-corrected chi connectivity index (χ3v) is 3.17. The van der Waals surface area contributed by atoms with Gasteiger partial charge >= 0.3 is 6.03 Å². The fourth-order valence-electron chi connectivity index (χ4n) is 2.03. The molecule has 0 saturated carbocycles. The Bertz CT molecular complexity index is 637. The van der Waals surface area contributed by atoms with Crippen LogP contribution in [0.2, 0.25) is 0 Å². The fourth-order valence-corrected chi connectivity index (χ4v) is 2.03. The summed E-state index contributed by atoms with van der Waals surface area (Å²) in [7, 11) is 0. The molecule has 1 aromatic heterocycles. The maximum absolute atomic E-state index is 11.8. The first kappa shape index (κ1) is 13.1. The van der Waals surface area contributed by atoms with Gasteiger partial charge in [-0.05, 0) is 17.7 Å². The van der Waals surface area contributed by atoms with E-state index in [1.54, 1.807) is 11.0 Å². The van der Waals surface area contributed by atoms with Crippen molar-refractivity contribution < 1.29 is 9.59 Å². The van der Waals surface area contributed by atoms with E-state index < -0.39 is 6.04 Å². The number of nitrogens with zero attached hydrogens (tertiary/aromatic N) is 3. The van der Waals surface area contributed by atoms with Crippen LogP contribution < -0.4 is 16.0 Å². The van der Waals surface area contributed by atoms with Crippen molar-refractivity contribution >= 4 is 11.9 Å². The molecule has 1 aliphatic heterocycles. The predicted octanol–water partition coefficient (Wildman–Crippen LogP) is -0.435. The molecule has 2 aromatic rings. The highest BCUT2D eigenvalue weighted by molar-refractivity contribution is 5.90. The lowest BCUT2D eigenvalue weighted by Gasteiger charge is -2.10. The van der Waals surface area contributed by atoms with E-state index in [0.717, 1.165) is 11.3 Å². The van der Waals surface area contributed by atoms with Crippen LogP contribution in [0, 0.1) is 0 Å². The van der Waals surface area contributed by atoms with Crippen molar-refractivity contribution in [1.82, 2.24) is 30.7 Å². The van der Waals surface area contributed by atoms with Gasteiger partial charge in [-0.15, -0.1) is 0 Å². The molecule has 1 aliphatic rings. The van der Waals surface area contributed by atoms with E-state index in [1.807, 2.05) is 24.3 Å². The van der Waals surface area contributed by atoms with Gasteiger partial charge in [-0.2, -0.15) is 5.10 Å². The average molecular weight is 286 g/mol. The summed E-state index contributed by atoms with van der Waals surface area (Å²) >= 11 is 0. The molecule has 1 saturated heterocycles. The molecular weight excluding hydrogens is 272 g/mol. The monoisotopic (exact) mass is 286 g/mol. The molecule has 0 spiro atoms. The van der Waals surface area contributed by atoms with Gasteiger partial charge in [-0.1, -0.05) is 12.1 Å². The van der Waals surface area contributed by atoms with Crippen LogP contribution in [0.15, 0.2) is 36.9 Å². The van der Waals surface area contributed by atoms with Crippen molar-refractivity contribution in [2.24, 2.45) is 0 Å². The summed E-state index contributed by atoms with van der Waals surface area (Å²) in [5.74, 6) is -0.200. The van der Waals surface area contributed by atoms with Gasteiger partial charge in [-0.3, -0.25) is 4.79 Å². The largest absolute Gasteiger partial charge is 0.350 e. The van der Waals surface area contributed by atoms with Gasteiger partial charge in [-0.25, -0.2) is 14.5 Å². The van der Waals surface area contributed by atoms with Crippen LogP contribution >= 0.6 is 0 Å². The Balaban J connectivity index is 1.56. The molecule has 21 heavy (non-hydrogen) atoms. The maximum atomic E-state index is 11.8. The third kappa shape index (κ3) is 2.99. The van der Waals surface area contributed by atoms with Gasteiger partial charge < -0.3 is 16.0 Å². The smallest absolute Gasteiger partial charge is 0.315 e. The van der Waals surface area contributed by atoms with Crippen LogP contribution in [0.3, 0.4) is 0 Å². The molecule has 3 amide bonds. The molecule has 0 aliphatic carbocycles. The molecule has 2 heterocycles. The van der Waals surface area contributed by atoms with Crippen LogP contribution in [-0.4, -0.2) is 39.3 Å². The SMILES string of the molecule is O=C1NCC(C(=O)NCc2ccc(-n3cncn3)cc2)N1. The van der Waals surface area contributed by atoms with E-state index in [0.29, 0.717) is 13.1 Å². The molecule has 8 heteroatoms. The molecular formula is C13H14N6O2. The second kappa shape index (κ2) is 5.61. The van der Waals surface area contributed by atoms with Crippen LogP contribution in [0.1, 0.15) is 5.56 Å². The van der Waals surface area contributed by atoms with Crippen molar-refractivity contribution in [3.05, 3.63) is 42.5 Å². The van der Waals surface area contributed by atoms with Gasteiger partial charge in [0.15, 0.2) is 0 Å². The summed E-state index contributed by atoms with van der Waals surface area (Å²) < 4.78 is 1.65. The van der Waals surface area contributed by atoms with Crippen molar-refractivity contribution in [1.29, 1.82) is 0 Å². The highest BCUT2D eigenvalue weighted by Crippen LogP contribution is 2.08. The Kier molecular flexibility index (Phi) is 3.50. The van der Waals surface area contributed by atoms with Crippen LogP contribution in [-0.2, 0) is 11.3 Å². The highest BCUT2D eigenvalue weighted by Gasteiger charge is 2.26. The quantitative estimate of drug-likeness (QED) is 0.709. The number of amides is 3. The molecule has 0 bridgehead atoms. The Morgan fingerprint density at radius 2 is 2.19 bits per heavy atom. The summed E-state index contributed by atoms with van der Waals surface area (Å²) in [5, 5.41) is 11.9. The summed E-state index contributed by atoms with van der Waals surface area (Å²) in [6.07, 6.45) is 3.09. The lowest BCUT2D eigenvalue weighted by Crippen LogP contribution is -2.42. The first-order valence-corrected chi connectivity index (χ1v) is 6.48. The lowest BCUT2D eigenvalue weighted by molar-refractivity contribution is -0.122. The number of carbonyl (C=O) groups is 2. The normalized spacial score (nSPS) is 17.1. The molecule has 1 atom stereocenters. The van der Waals surface area contributed by atoms with Gasteiger partial charge in [0.05, 0.1) is 5.69 Å². The number of nitrogens with one attached hydrogen (secondary N) is 3. The summed E-state index contributed by atoms with van der Waals surface area (Å²) in [4.78, 5) is 26.7.